The van der Waals surface area contributed by atoms with Crippen LogP contribution in [0.2, 0.25) is 0 Å². The van der Waals surface area contributed by atoms with Gasteiger partial charge >= 0.3 is 5.97 Å². The molecule has 0 spiro atoms. The second kappa shape index (κ2) is 9.04. The Kier molecular flexibility index (Phi) is 7.53. The molecule has 0 fully saturated rings. The first-order valence-electron chi connectivity index (χ1n) is 7.51. The first-order valence-corrected chi connectivity index (χ1v) is 10.7. The third-order valence-corrected chi connectivity index (χ3v) is 6.34. The molecule has 0 heterocycles. The number of hydrogen-bond donors (Lipinski definition) is 1. The molecule has 1 amide bonds. The number of aryl methyl sites for hydroxylation is 1. The van der Waals surface area contributed by atoms with Gasteiger partial charge in [-0.25, -0.2) is 4.79 Å². The molecular weight excluding hydrogens is 675 g/mol. The fourth-order valence-corrected chi connectivity index (χ4v) is 6.70. The van der Waals surface area contributed by atoms with E-state index in [1.54, 1.807) is 19.2 Å². The van der Waals surface area contributed by atoms with E-state index >= 15 is 0 Å². The minimum atomic E-state index is -1.13. The monoisotopic (exact) mass is 691 g/mol. The maximum absolute atomic E-state index is 11.8. The van der Waals surface area contributed by atoms with Crippen molar-refractivity contribution in [1.29, 1.82) is 0 Å². The van der Waals surface area contributed by atoms with Crippen molar-refractivity contribution >= 4 is 85.3 Å². The Hall–Kier alpha value is -0.630. The minimum absolute atomic E-state index is 0.110. The Morgan fingerprint density at radius 1 is 1.15 bits per heavy atom. The summed E-state index contributed by atoms with van der Waals surface area (Å²) < 4.78 is 8.33. The van der Waals surface area contributed by atoms with E-state index in [-0.39, 0.29) is 5.91 Å². The van der Waals surface area contributed by atoms with Gasteiger partial charge in [0.25, 0.3) is 0 Å². The maximum atomic E-state index is 11.8. The van der Waals surface area contributed by atoms with Crippen molar-refractivity contribution in [1.82, 2.24) is 0 Å². The summed E-state index contributed by atoms with van der Waals surface area (Å²) in [6.07, 6.45) is -1.13. The highest BCUT2D eigenvalue weighted by Gasteiger charge is 2.27. The normalized spacial score (nSPS) is 11.8. The van der Waals surface area contributed by atoms with Gasteiger partial charge in [-0.15, -0.1) is 0 Å². The number of carbonyl (C=O) groups is 2. The molecule has 138 valence electrons. The van der Waals surface area contributed by atoms with Crippen LogP contribution in [0.3, 0.4) is 0 Å². The van der Waals surface area contributed by atoms with Crippen LogP contribution >= 0.6 is 67.8 Å². The van der Waals surface area contributed by atoms with E-state index < -0.39 is 12.1 Å². The molecule has 2 aromatic rings. The lowest BCUT2D eigenvalue weighted by atomic mass is 10.1. The van der Waals surface area contributed by atoms with Gasteiger partial charge in [-0.05, 0) is 80.8 Å². The molecule has 0 aliphatic rings. The largest absolute Gasteiger partial charge is 0.478 e. The van der Waals surface area contributed by atoms with Crippen molar-refractivity contribution in [3.05, 3.63) is 52.2 Å². The van der Waals surface area contributed by atoms with E-state index in [1.165, 1.54) is 11.8 Å². The van der Waals surface area contributed by atoms with Crippen LogP contribution in [0.1, 0.15) is 24.2 Å². The van der Waals surface area contributed by atoms with E-state index in [1.807, 2.05) is 25.1 Å². The van der Waals surface area contributed by atoms with Crippen LogP contribution in [-0.2, 0) is 9.59 Å². The lowest BCUT2D eigenvalue weighted by Gasteiger charge is -2.24. The van der Waals surface area contributed by atoms with Gasteiger partial charge in [0, 0.05) is 23.1 Å². The first kappa shape index (κ1) is 21.7. The van der Waals surface area contributed by atoms with E-state index in [9.17, 15) is 14.7 Å². The third-order valence-electron chi connectivity index (χ3n) is 3.72. The number of carboxylic acids is 1. The van der Waals surface area contributed by atoms with Gasteiger partial charge in [-0.3, -0.25) is 4.79 Å². The number of amides is 1. The molecule has 1 N–H and O–H groups in total. The van der Waals surface area contributed by atoms with Crippen molar-refractivity contribution < 1.29 is 19.4 Å². The molecule has 2 rings (SSSR count). The van der Waals surface area contributed by atoms with Gasteiger partial charge < -0.3 is 14.7 Å². The van der Waals surface area contributed by atoms with Gasteiger partial charge in [-0.1, -0.05) is 29.8 Å². The van der Waals surface area contributed by atoms with E-state index in [4.69, 9.17) is 4.74 Å². The van der Waals surface area contributed by atoms with Gasteiger partial charge in [0.1, 0.15) is 5.75 Å². The average molecular weight is 691 g/mol. The van der Waals surface area contributed by atoms with Gasteiger partial charge in [0.15, 0.2) is 0 Å². The number of aliphatic carboxylic acids is 1. The molecule has 0 radical (unpaired) electrons. The van der Waals surface area contributed by atoms with Crippen molar-refractivity contribution in [3.63, 3.8) is 0 Å². The topological polar surface area (TPSA) is 66.8 Å². The van der Waals surface area contributed by atoms with Crippen LogP contribution < -0.4 is 9.64 Å². The summed E-state index contributed by atoms with van der Waals surface area (Å²) in [5.41, 5.74) is 2.24. The molecule has 0 aliphatic carbocycles. The van der Waals surface area contributed by atoms with Crippen LogP contribution in [0.25, 0.3) is 0 Å². The second-order valence-electron chi connectivity index (χ2n) is 5.66. The standard InChI is InChI=1S/C18H16I3NO4/c1-9-5-4-6-11(7-9)16(18(24)25)26-17-13(20)8-12(19)15(14(17)21)22(3)10(2)23/h4-8,16H,1-3H3,(H,24,25). The highest BCUT2D eigenvalue weighted by molar-refractivity contribution is 14.1. The van der Waals surface area contributed by atoms with Crippen LogP contribution in [0.15, 0.2) is 30.3 Å². The molecule has 5 nitrogen and oxygen atoms in total. The summed E-state index contributed by atoms with van der Waals surface area (Å²) in [6, 6.07) is 9.13. The van der Waals surface area contributed by atoms with Gasteiger partial charge in [-0.2, -0.15) is 0 Å². The zero-order chi connectivity index (χ0) is 19.6. The first-order chi connectivity index (χ1) is 12.1. The lowest BCUT2D eigenvalue weighted by Crippen LogP contribution is -2.26. The molecule has 0 saturated carbocycles. The molecule has 8 heteroatoms. The number of anilines is 1. The summed E-state index contributed by atoms with van der Waals surface area (Å²) in [4.78, 5) is 25.2. The van der Waals surface area contributed by atoms with E-state index in [0.29, 0.717) is 20.6 Å². The number of hydrogen-bond acceptors (Lipinski definition) is 3. The van der Waals surface area contributed by atoms with Crippen molar-refractivity contribution in [3.8, 4) is 5.75 Å². The highest BCUT2D eigenvalue weighted by Crippen LogP contribution is 2.40. The lowest BCUT2D eigenvalue weighted by molar-refractivity contribution is -0.145. The van der Waals surface area contributed by atoms with Crippen molar-refractivity contribution in [2.75, 3.05) is 11.9 Å². The number of halogens is 3. The minimum Gasteiger partial charge on any atom is -0.478 e. The molecule has 0 bridgehead atoms. The third kappa shape index (κ3) is 4.80. The maximum Gasteiger partial charge on any atom is 0.349 e. The molecule has 0 aliphatic heterocycles. The quantitative estimate of drug-likeness (QED) is 0.449. The smallest absolute Gasteiger partial charge is 0.349 e. The molecule has 0 saturated heterocycles. The summed E-state index contributed by atoms with van der Waals surface area (Å²) in [5, 5.41) is 9.69. The zero-order valence-electron chi connectivity index (χ0n) is 14.2. The Bertz CT molecular complexity index is 870. The van der Waals surface area contributed by atoms with Gasteiger partial charge in [0.2, 0.25) is 12.0 Å². The number of ether oxygens (including phenoxy) is 1. The number of nitrogens with zero attached hydrogens (tertiary/aromatic N) is 1. The average Bonchev–Trinajstić information content (AvgIpc) is 2.53. The Labute approximate surface area is 192 Å². The number of carbonyl (C=O) groups excluding carboxylic acids is 1. The molecule has 0 aromatic heterocycles. The summed E-state index contributed by atoms with van der Waals surface area (Å²) in [5.74, 6) is -0.715. The van der Waals surface area contributed by atoms with E-state index in [0.717, 1.165) is 12.7 Å². The Morgan fingerprint density at radius 3 is 2.35 bits per heavy atom. The second-order valence-corrected chi connectivity index (χ2v) is 9.06. The van der Waals surface area contributed by atoms with E-state index in [2.05, 4.69) is 67.8 Å². The zero-order valence-corrected chi connectivity index (χ0v) is 20.7. The van der Waals surface area contributed by atoms with Crippen LogP contribution in [-0.4, -0.2) is 24.0 Å². The van der Waals surface area contributed by atoms with Crippen LogP contribution in [0.4, 0.5) is 5.69 Å². The van der Waals surface area contributed by atoms with Crippen LogP contribution in [0.5, 0.6) is 5.75 Å². The SMILES string of the molecule is CC(=O)N(C)c1c(I)cc(I)c(OC(C(=O)O)c2cccc(C)c2)c1I. The molecule has 1 atom stereocenters. The predicted octanol–water partition coefficient (Wildman–Crippen LogP) is 5.00. The molecule has 1 unspecified atom stereocenters. The summed E-state index contributed by atoms with van der Waals surface area (Å²) in [7, 11) is 1.69. The fourth-order valence-electron chi connectivity index (χ4n) is 2.35. The molecule has 26 heavy (non-hydrogen) atoms. The van der Waals surface area contributed by atoms with Crippen LogP contribution in [0, 0.1) is 17.6 Å². The van der Waals surface area contributed by atoms with Gasteiger partial charge in [0.05, 0.1) is 12.8 Å². The predicted molar refractivity (Wildman–Crippen MR) is 126 cm³/mol. The Balaban J connectivity index is 2.55. The number of benzene rings is 2. The summed E-state index contributed by atoms with van der Waals surface area (Å²) in [6.45, 7) is 3.39. The fraction of sp³-hybridized carbons (Fsp3) is 0.222. The van der Waals surface area contributed by atoms with Crippen molar-refractivity contribution in [2.24, 2.45) is 0 Å². The molecular formula is C18H16I3NO4. The summed E-state index contributed by atoms with van der Waals surface area (Å²) >= 11 is 6.39. The van der Waals surface area contributed by atoms with Crippen molar-refractivity contribution in [2.45, 2.75) is 20.0 Å². The Morgan fingerprint density at radius 2 is 1.81 bits per heavy atom. The highest BCUT2D eigenvalue weighted by atomic mass is 127. The number of rotatable bonds is 5. The number of carboxylic acid groups (broad SMARTS) is 1. The molecule has 2 aromatic carbocycles.